The van der Waals surface area contributed by atoms with Crippen LogP contribution in [-0.4, -0.2) is 39.5 Å². The number of aryl methyl sites for hydroxylation is 1. The molecule has 2 aromatic rings. The topological polar surface area (TPSA) is 88.2 Å². The van der Waals surface area contributed by atoms with Gasteiger partial charge in [-0.25, -0.2) is 9.78 Å². The van der Waals surface area contributed by atoms with Crippen LogP contribution in [-0.2, 0) is 29.0 Å². The van der Waals surface area contributed by atoms with Crippen LogP contribution in [0.5, 0.6) is 0 Å². The molecule has 1 aromatic heterocycles. The van der Waals surface area contributed by atoms with Crippen LogP contribution in [0.1, 0.15) is 40.7 Å². The first-order valence-corrected chi connectivity index (χ1v) is 8.50. The minimum atomic E-state index is -0.708. The Bertz CT molecular complexity index is 864. The minimum Gasteiger partial charge on any atom is -0.467 e. The average Bonchev–Trinajstić information content (AvgIpc) is 3.08. The van der Waals surface area contributed by atoms with Crippen LogP contribution in [0.3, 0.4) is 0 Å². The van der Waals surface area contributed by atoms with E-state index in [9.17, 15) is 9.59 Å². The number of carbonyl (C=O) groups excluding carboxylic acids is 2. The summed E-state index contributed by atoms with van der Waals surface area (Å²) in [6.07, 6.45) is 3.05. The van der Waals surface area contributed by atoms with Gasteiger partial charge < -0.3 is 14.2 Å². The second-order valence-electron chi connectivity index (χ2n) is 6.20. The summed E-state index contributed by atoms with van der Waals surface area (Å²) in [5.74, 6) is -0.720. The Kier molecular flexibility index (Phi) is 5.03. The van der Waals surface area contributed by atoms with Crippen molar-refractivity contribution in [3.63, 3.8) is 0 Å². The lowest BCUT2D eigenvalue weighted by atomic mass is 10.0. The fraction of sp³-hybridized carbons (Fsp3) is 0.368. The molecular weight excluding hydrogens is 332 g/mol. The molecule has 1 aromatic carbocycles. The van der Waals surface area contributed by atoms with E-state index in [0.29, 0.717) is 24.1 Å². The van der Waals surface area contributed by atoms with E-state index in [1.54, 1.807) is 30.6 Å². The molecule has 134 valence electrons. The number of carbonyl (C=O) groups is 2. The molecule has 2 heterocycles. The van der Waals surface area contributed by atoms with Gasteiger partial charge in [-0.3, -0.25) is 4.79 Å². The van der Waals surface area contributed by atoms with E-state index in [1.807, 2.05) is 10.6 Å². The van der Waals surface area contributed by atoms with Crippen molar-refractivity contribution in [3.8, 4) is 6.07 Å². The van der Waals surface area contributed by atoms with Gasteiger partial charge in [-0.15, -0.1) is 0 Å². The molecule has 1 atom stereocenters. The van der Waals surface area contributed by atoms with E-state index < -0.39 is 12.0 Å². The molecule has 1 aliphatic rings. The lowest BCUT2D eigenvalue weighted by Crippen LogP contribution is -2.49. The van der Waals surface area contributed by atoms with Gasteiger partial charge in [0, 0.05) is 18.5 Å². The van der Waals surface area contributed by atoms with Crippen molar-refractivity contribution < 1.29 is 14.3 Å². The molecule has 7 nitrogen and oxygen atoms in total. The Hall–Kier alpha value is -3.14. The molecule has 26 heavy (non-hydrogen) atoms. The summed E-state index contributed by atoms with van der Waals surface area (Å²) in [7, 11) is 1.32. The van der Waals surface area contributed by atoms with Gasteiger partial charge in [0.15, 0.2) is 0 Å². The number of hydrogen-bond acceptors (Lipinski definition) is 5. The third-order valence-electron chi connectivity index (χ3n) is 4.58. The quantitative estimate of drug-likeness (QED) is 0.784. The van der Waals surface area contributed by atoms with E-state index in [2.05, 4.69) is 11.9 Å². The number of esters is 1. The second kappa shape index (κ2) is 7.40. The maximum absolute atomic E-state index is 13.0. The second-order valence-corrected chi connectivity index (χ2v) is 6.20. The zero-order valence-electron chi connectivity index (χ0n) is 14.8. The fourth-order valence-electron chi connectivity index (χ4n) is 3.21. The maximum Gasteiger partial charge on any atom is 0.329 e. The highest BCUT2D eigenvalue weighted by molar-refractivity contribution is 5.97. The van der Waals surface area contributed by atoms with Gasteiger partial charge in [0.2, 0.25) is 0 Å². The number of imidazole rings is 1. The van der Waals surface area contributed by atoms with E-state index in [-0.39, 0.29) is 5.91 Å². The van der Waals surface area contributed by atoms with Crippen molar-refractivity contribution in [1.82, 2.24) is 14.5 Å². The van der Waals surface area contributed by atoms with Gasteiger partial charge in [0.25, 0.3) is 5.91 Å². The van der Waals surface area contributed by atoms with Crippen molar-refractivity contribution in [2.75, 3.05) is 7.11 Å². The summed E-state index contributed by atoms with van der Waals surface area (Å²) in [6, 6.07) is 7.72. The van der Waals surface area contributed by atoms with Crippen molar-refractivity contribution in [1.29, 1.82) is 5.26 Å². The highest BCUT2D eigenvalue weighted by Gasteiger charge is 2.37. The Morgan fingerprint density at radius 1 is 1.35 bits per heavy atom. The maximum atomic E-state index is 13.0. The number of aromatic nitrogens is 2. The number of ether oxygens (including phenoxy) is 1. The lowest BCUT2D eigenvalue weighted by Gasteiger charge is -2.34. The molecule has 1 aliphatic heterocycles. The van der Waals surface area contributed by atoms with Crippen LogP contribution in [0.2, 0.25) is 0 Å². The first-order valence-electron chi connectivity index (χ1n) is 8.50. The van der Waals surface area contributed by atoms with Crippen LogP contribution >= 0.6 is 0 Å². The Morgan fingerprint density at radius 2 is 2.08 bits per heavy atom. The fourth-order valence-corrected chi connectivity index (χ4v) is 3.21. The van der Waals surface area contributed by atoms with Crippen LogP contribution in [0.4, 0.5) is 0 Å². The molecule has 3 rings (SSSR count). The molecule has 0 fully saturated rings. The summed E-state index contributed by atoms with van der Waals surface area (Å²) < 4.78 is 6.93. The Morgan fingerprint density at radius 3 is 2.69 bits per heavy atom. The molecule has 7 heteroatoms. The molecule has 1 amide bonds. The van der Waals surface area contributed by atoms with Crippen LogP contribution < -0.4 is 0 Å². The number of amides is 1. The van der Waals surface area contributed by atoms with E-state index >= 15 is 0 Å². The molecule has 0 spiro atoms. The van der Waals surface area contributed by atoms with E-state index in [1.165, 1.54) is 12.0 Å². The normalized spacial score (nSPS) is 15.9. The number of nitriles is 1. The first kappa shape index (κ1) is 17.7. The van der Waals surface area contributed by atoms with Gasteiger partial charge in [-0.05, 0) is 30.7 Å². The van der Waals surface area contributed by atoms with Crippen molar-refractivity contribution in [2.24, 2.45) is 0 Å². The van der Waals surface area contributed by atoms with Gasteiger partial charge in [0.1, 0.15) is 6.04 Å². The van der Waals surface area contributed by atoms with Crippen molar-refractivity contribution in [2.45, 2.75) is 38.9 Å². The molecule has 0 N–H and O–H groups in total. The molecule has 0 saturated heterocycles. The van der Waals surface area contributed by atoms with Crippen LogP contribution in [0, 0.1) is 11.3 Å². The molecule has 0 saturated carbocycles. The molecule has 0 radical (unpaired) electrons. The smallest absolute Gasteiger partial charge is 0.329 e. The lowest BCUT2D eigenvalue weighted by molar-refractivity contribution is -0.146. The largest absolute Gasteiger partial charge is 0.467 e. The first-order chi connectivity index (χ1) is 12.6. The summed E-state index contributed by atoms with van der Waals surface area (Å²) in [5.41, 5.74) is 2.70. The van der Waals surface area contributed by atoms with Crippen LogP contribution in [0.15, 0.2) is 30.6 Å². The van der Waals surface area contributed by atoms with Gasteiger partial charge in [-0.1, -0.05) is 6.92 Å². The van der Waals surface area contributed by atoms with E-state index in [4.69, 9.17) is 10.00 Å². The number of nitrogens with zero attached hydrogens (tertiary/aromatic N) is 4. The number of fused-ring (bicyclic) bond motifs is 1. The van der Waals surface area contributed by atoms with Gasteiger partial charge in [0.05, 0.1) is 43.0 Å². The third kappa shape index (κ3) is 3.18. The molecule has 0 aliphatic carbocycles. The van der Waals surface area contributed by atoms with Crippen molar-refractivity contribution in [3.05, 3.63) is 53.1 Å². The molecule has 0 bridgehead atoms. The average molecular weight is 352 g/mol. The number of methoxy groups -OCH3 is 1. The zero-order chi connectivity index (χ0) is 18.7. The number of hydrogen-bond donors (Lipinski definition) is 0. The monoisotopic (exact) mass is 352 g/mol. The Labute approximate surface area is 151 Å². The highest BCUT2D eigenvalue weighted by atomic mass is 16.5. The molecule has 0 unspecified atom stereocenters. The number of benzene rings is 1. The standard InChI is InChI=1S/C19H20N4O3/c1-3-8-22-12-21-15-9-16(19(25)26-2)23(11-17(15)22)18(24)14-6-4-13(10-20)5-7-14/h4-7,12,16H,3,8-9,11H2,1-2H3/t16-/m0/s1. The highest BCUT2D eigenvalue weighted by Crippen LogP contribution is 2.25. The summed E-state index contributed by atoms with van der Waals surface area (Å²) in [6.45, 7) is 3.18. The summed E-state index contributed by atoms with van der Waals surface area (Å²) in [4.78, 5) is 31.2. The van der Waals surface area contributed by atoms with Gasteiger partial charge in [-0.2, -0.15) is 5.26 Å². The number of rotatable bonds is 4. The summed E-state index contributed by atoms with van der Waals surface area (Å²) >= 11 is 0. The minimum absolute atomic E-state index is 0.264. The predicted molar refractivity (Wildman–Crippen MR) is 93.1 cm³/mol. The predicted octanol–water partition coefficient (Wildman–Crippen LogP) is 1.90. The van der Waals surface area contributed by atoms with E-state index in [0.717, 1.165) is 24.4 Å². The van der Waals surface area contributed by atoms with Gasteiger partial charge >= 0.3 is 5.97 Å². The Balaban J connectivity index is 1.95. The van der Waals surface area contributed by atoms with Crippen molar-refractivity contribution >= 4 is 11.9 Å². The molecular formula is C19H20N4O3. The zero-order valence-corrected chi connectivity index (χ0v) is 14.8. The summed E-state index contributed by atoms with van der Waals surface area (Å²) in [5, 5.41) is 8.91. The third-order valence-corrected chi connectivity index (χ3v) is 4.58. The SMILES string of the molecule is CCCn1cnc2c1CN(C(=O)c1ccc(C#N)cc1)[C@H](C(=O)OC)C2. The van der Waals surface area contributed by atoms with Crippen LogP contribution in [0.25, 0.3) is 0 Å².